The summed E-state index contributed by atoms with van der Waals surface area (Å²) >= 11 is 0. The zero-order chi connectivity index (χ0) is 9.14. The van der Waals surface area contributed by atoms with Gasteiger partial charge >= 0.3 is 0 Å². The van der Waals surface area contributed by atoms with Crippen LogP contribution in [-0.4, -0.2) is 13.0 Å². The molecule has 0 aliphatic rings. The molecular formula is C9H9FNO. The Bertz CT molecular complexity index is 298. The van der Waals surface area contributed by atoms with Crippen molar-refractivity contribution in [1.82, 2.24) is 0 Å². The van der Waals surface area contributed by atoms with Gasteiger partial charge in [0, 0.05) is 19.7 Å². The van der Waals surface area contributed by atoms with E-state index >= 15 is 0 Å². The highest BCUT2D eigenvalue weighted by atomic mass is 19.1. The lowest BCUT2D eigenvalue weighted by atomic mass is 10.3. The van der Waals surface area contributed by atoms with Crippen LogP contribution < -0.4 is 4.90 Å². The van der Waals surface area contributed by atoms with Gasteiger partial charge in [-0.05, 0) is 18.2 Å². The van der Waals surface area contributed by atoms with E-state index in [0.29, 0.717) is 5.69 Å². The second-order valence-corrected chi connectivity index (χ2v) is 2.43. The number of halogens is 1. The van der Waals surface area contributed by atoms with Crippen molar-refractivity contribution in [2.24, 2.45) is 0 Å². The van der Waals surface area contributed by atoms with Gasteiger partial charge in [0.05, 0.1) is 0 Å². The lowest BCUT2D eigenvalue weighted by molar-refractivity contribution is -0.114. The molecule has 0 aromatic heterocycles. The minimum atomic E-state index is -0.361. The fourth-order valence-electron chi connectivity index (χ4n) is 0.829. The van der Waals surface area contributed by atoms with Gasteiger partial charge in [0.25, 0.3) is 0 Å². The maximum absolute atomic E-state index is 12.6. The Labute approximate surface area is 70.6 Å². The quantitative estimate of drug-likeness (QED) is 0.620. The van der Waals surface area contributed by atoms with Crippen molar-refractivity contribution < 1.29 is 9.18 Å². The summed E-state index contributed by atoms with van der Waals surface area (Å²) in [5, 5.41) is 0. The second-order valence-electron chi connectivity index (χ2n) is 2.43. The molecule has 0 unspecified atom stereocenters. The Hall–Kier alpha value is -1.38. The SMILES string of the molecule is [CH2]C(=O)N(C)c1cccc(F)c1. The van der Waals surface area contributed by atoms with Crippen molar-refractivity contribution in [1.29, 1.82) is 0 Å². The van der Waals surface area contributed by atoms with Crippen molar-refractivity contribution in [2.45, 2.75) is 0 Å². The van der Waals surface area contributed by atoms with Gasteiger partial charge < -0.3 is 4.90 Å². The Morgan fingerprint density at radius 2 is 2.25 bits per heavy atom. The van der Waals surface area contributed by atoms with Crippen LogP contribution >= 0.6 is 0 Å². The van der Waals surface area contributed by atoms with Crippen LogP contribution in [0, 0.1) is 12.7 Å². The van der Waals surface area contributed by atoms with Gasteiger partial charge in [0.1, 0.15) is 5.82 Å². The third kappa shape index (κ3) is 1.81. The molecule has 1 aromatic rings. The molecule has 0 bridgehead atoms. The lowest BCUT2D eigenvalue weighted by Gasteiger charge is -2.14. The van der Waals surface area contributed by atoms with Gasteiger partial charge in [0.2, 0.25) is 5.91 Å². The highest BCUT2D eigenvalue weighted by molar-refractivity contribution is 5.95. The van der Waals surface area contributed by atoms with Crippen LogP contribution in [0.5, 0.6) is 0 Å². The Morgan fingerprint density at radius 1 is 1.58 bits per heavy atom. The topological polar surface area (TPSA) is 20.3 Å². The minimum Gasteiger partial charge on any atom is -0.315 e. The summed E-state index contributed by atoms with van der Waals surface area (Å²) in [5.74, 6) is -0.721. The minimum absolute atomic E-state index is 0.361. The number of carbonyl (C=O) groups is 1. The van der Waals surface area contributed by atoms with Crippen molar-refractivity contribution in [3.05, 3.63) is 37.0 Å². The molecule has 0 aliphatic carbocycles. The largest absolute Gasteiger partial charge is 0.315 e. The maximum Gasteiger partial charge on any atom is 0.227 e. The second kappa shape index (κ2) is 3.34. The van der Waals surface area contributed by atoms with Crippen LogP contribution in [0.2, 0.25) is 0 Å². The summed E-state index contributed by atoms with van der Waals surface area (Å²) in [5.41, 5.74) is 0.509. The van der Waals surface area contributed by atoms with E-state index < -0.39 is 0 Å². The fourth-order valence-corrected chi connectivity index (χ4v) is 0.829. The van der Waals surface area contributed by atoms with E-state index in [1.165, 1.54) is 17.0 Å². The third-order valence-electron chi connectivity index (χ3n) is 1.57. The van der Waals surface area contributed by atoms with E-state index in [4.69, 9.17) is 0 Å². The molecule has 0 spiro atoms. The molecule has 1 amide bonds. The Kier molecular flexibility index (Phi) is 2.43. The summed E-state index contributed by atoms with van der Waals surface area (Å²) in [7, 11) is 1.55. The van der Waals surface area contributed by atoms with Gasteiger partial charge in [0.15, 0.2) is 0 Å². The van der Waals surface area contributed by atoms with Crippen molar-refractivity contribution >= 4 is 11.6 Å². The van der Waals surface area contributed by atoms with E-state index in [1.807, 2.05) is 0 Å². The molecule has 0 fully saturated rings. The third-order valence-corrected chi connectivity index (χ3v) is 1.57. The van der Waals surface area contributed by atoms with Crippen LogP contribution in [0.1, 0.15) is 0 Å². The molecule has 12 heavy (non-hydrogen) atoms. The first kappa shape index (κ1) is 8.71. The summed E-state index contributed by atoms with van der Waals surface area (Å²) in [4.78, 5) is 12.0. The molecule has 1 rings (SSSR count). The van der Waals surface area contributed by atoms with Gasteiger partial charge in [-0.3, -0.25) is 4.79 Å². The van der Waals surface area contributed by atoms with Crippen LogP contribution in [0.4, 0.5) is 10.1 Å². The molecule has 3 heteroatoms. The molecular weight excluding hydrogens is 157 g/mol. The molecule has 0 saturated heterocycles. The number of carbonyl (C=O) groups excluding carboxylic acids is 1. The van der Waals surface area contributed by atoms with Gasteiger partial charge in [-0.25, -0.2) is 4.39 Å². The number of nitrogens with zero attached hydrogens (tertiary/aromatic N) is 1. The zero-order valence-corrected chi connectivity index (χ0v) is 6.75. The van der Waals surface area contributed by atoms with Gasteiger partial charge in [-0.2, -0.15) is 0 Å². The number of benzene rings is 1. The summed E-state index contributed by atoms with van der Waals surface area (Å²) in [6.45, 7) is 3.21. The standard InChI is InChI=1S/C9H9FNO/c1-7(12)11(2)9-5-3-4-8(10)6-9/h3-6H,1H2,2H3. The fraction of sp³-hybridized carbons (Fsp3) is 0.111. The number of amides is 1. The van der Waals surface area contributed by atoms with E-state index in [2.05, 4.69) is 6.92 Å². The molecule has 0 aliphatic heterocycles. The van der Waals surface area contributed by atoms with Crippen molar-refractivity contribution in [2.75, 3.05) is 11.9 Å². The predicted molar refractivity (Wildman–Crippen MR) is 45.2 cm³/mol. The number of hydrogen-bond donors (Lipinski definition) is 0. The smallest absolute Gasteiger partial charge is 0.227 e. The van der Waals surface area contributed by atoms with Gasteiger partial charge in [-0.1, -0.05) is 6.07 Å². The van der Waals surface area contributed by atoms with Gasteiger partial charge in [-0.15, -0.1) is 0 Å². The molecule has 1 aromatic carbocycles. The van der Waals surface area contributed by atoms with E-state index in [-0.39, 0.29) is 11.7 Å². The Morgan fingerprint density at radius 3 is 2.75 bits per heavy atom. The van der Waals surface area contributed by atoms with Crippen LogP contribution in [0.15, 0.2) is 24.3 Å². The molecule has 2 nitrogen and oxygen atoms in total. The van der Waals surface area contributed by atoms with Crippen LogP contribution in [0.25, 0.3) is 0 Å². The first-order valence-electron chi connectivity index (χ1n) is 3.46. The molecule has 0 heterocycles. The molecule has 0 N–H and O–H groups in total. The number of anilines is 1. The average Bonchev–Trinajstić information content (AvgIpc) is 2.03. The highest BCUT2D eigenvalue weighted by Crippen LogP contribution is 2.13. The molecule has 63 valence electrons. The van der Waals surface area contributed by atoms with E-state index in [9.17, 15) is 9.18 Å². The Balaban J connectivity index is 2.95. The summed E-state index contributed by atoms with van der Waals surface area (Å²) < 4.78 is 12.6. The summed E-state index contributed by atoms with van der Waals surface area (Å²) in [6, 6.07) is 5.80. The highest BCUT2D eigenvalue weighted by Gasteiger charge is 2.04. The first-order valence-corrected chi connectivity index (χ1v) is 3.46. The van der Waals surface area contributed by atoms with Crippen LogP contribution in [-0.2, 0) is 4.79 Å². The summed E-state index contributed by atoms with van der Waals surface area (Å²) in [6.07, 6.45) is 0. The number of rotatable bonds is 1. The van der Waals surface area contributed by atoms with E-state index in [1.54, 1.807) is 19.2 Å². The van der Waals surface area contributed by atoms with Crippen molar-refractivity contribution in [3.63, 3.8) is 0 Å². The van der Waals surface area contributed by atoms with E-state index in [0.717, 1.165) is 0 Å². The normalized spacial score (nSPS) is 9.58. The molecule has 1 radical (unpaired) electrons. The monoisotopic (exact) mass is 166 g/mol. The van der Waals surface area contributed by atoms with Crippen molar-refractivity contribution in [3.8, 4) is 0 Å². The zero-order valence-electron chi connectivity index (χ0n) is 6.75. The average molecular weight is 166 g/mol. The maximum atomic E-state index is 12.6. The molecule has 0 saturated carbocycles. The predicted octanol–water partition coefficient (Wildman–Crippen LogP) is 1.62. The van der Waals surface area contributed by atoms with Crippen LogP contribution in [0.3, 0.4) is 0 Å². The molecule has 0 atom stereocenters. The lowest BCUT2D eigenvalue weighted by Crippen LogP contribution is -2.22. The first-order chi connectivity index (χ1) is 5.61. The number of hydrogen-bond acceptors (Lipinski definition) is 1.